The topological polar surface area (TPSA) is 50.2 Å². The highest BCUT2D eigenvalue weighted by atomic mass is 35.5. The van der Waals surface area contributed by atoms with E-state index in [1.165, 1.54) is 32.1 Å². The molecule has 0 unspecified atom stereocenters. The third-order valence-corrected chi connectivity index (χ3v) is 5.51. The van der Waals surface area contributed by atoms with Crippen LogP contribution in [0.3, 0.4) is 0 Å². The van der Waals surface area contributed by atoms with Gasteiger partial charge in [-0.3, -0.25) is 4.79 Å². The number of aryl methyl sites for hydroxylation is 1. The molecule has 5 nitrogen and oxygen atoms in total. The summed E-state index contributed by atoms with van der Waals surface area (Å²) in [5, 5.41) is 3.65. The Morgan fingerprint density at radius 1 is 1.36 bits per heavy atom. The van der Waals surface area contributed by atoms with Gasteiger partial charge in [-0.15, -0.1) is 0 Å². The Morgan fingerprint density at radius 3 is 2.88 bits per heavy atom. The molecule has 0 radical (unpaired) electrons. The zero-order valence-corrected chi connectivity index (χ0v) is 15.9. The van der Waals surface area contributed by atoms with Gasteiger partial charge in [-0.05, 0) is 38.9 Å². The van der Waals surface area contributed by atoms with Crippen LogP contribution in [0, 0.1) is 6.92 Å². The molecule has 0 aliphatic heterocycles. The number of likely N-dealkylation sites (N-methyl/N-ethyl adjacent to an activating group) is 1. The first-order valence-corrected chi connectivity index (χ1v) is 9.52. The number of hydrogen-bond acceptors (Lipinski definition) is 3. The number of imidazole rings is 1. The maximum atomic E-state index is 12.3. The smallest absolute Gasteiger partial charge is 0.240 e. The summed E-state index contributed by atoms with van der Waals surface area (Å²) in [4.78, 5) is 19.2. The van der Waals surface area contributed by atoms with E-state index in [2.05, 4.69) is 22.2 Å². The van der Waals surface area contributed by atoms with Crippen LogP contribution in [-0.4, -0.2) is 46.5 Å². The first-order chi connectivity index (χ1) is 12.1. The van der Waals surface area contributed by atoms with Crippen LogP contribution in [0.1, 0.15) is 37.9 Å². The van der Waals surface area contributed by atoms with E-state index in [0.717, 1.165) is 23.4 Å². The lowest BCUT2D eigenvalue weighted by molar-refractivity contribution is -0.121. The Bertz CT molecular complexity index is 736. The van der Waals surface area contributed by atoms with Crippen molar-refractivity contribution in [3.8, 4) is 0 Å². The Kier molecular flexibility index (Phi) is 5.97. The van der Waals surface area contributed by atoms with Crippen molar-refractivity contribution in [2.45, 2.75) is 51.6 Å². The van der Waals surface area contributed by atoms with E-state index in [4.69, 9.17) is 11.6 Å². The molecule has 1 N–H and O–H groups in total. The van der Waals surface area contributed by atoms with Crippen molar-refractivity contribution in [1.82, 2.24) is 19.8 Å². The summed E-state index contributed by atoms with van der Waals surface area (Å²) in [7, 11) is 2.16. The van der Waals surface area contributed by atoms with Crippen molar-refractivity contribution < 1.29 is 4.79 Å². The van der Waals surface area contributed by atoms with Crippen LogP contribution in [0.2, 0.25) is 5.02 Å². The van der Waals surface area contributed by atoms with Crippen LogP contribution in [-0.2, 0) is 11.3 Å². The van der Waals surface area contributed by atoms with Crippen LogP contribution >= 0.6 is 11.6 Å². The molecule has 3 rings (SSSR count). The molecule has 6 heteroatoms. The number of nitrogens with zero attached hydrogens (tertiary/aromatic N) is 3. The van der Waals surface area contributed by atoms with Crippen molar-refractivity contribution in [3.05, 3.63) is 29.0 Å². The van der Waals surface area contributed by atoms with Gasteiger partial charge in [0.15, 0.2) is 0 Å². The number of carbonyl (C=O) groups excluding carboxylic acids is 1. The number of nitrogens with one attached hydrogen (secondary N) is 1. The molecule has 1 fully saturated rings. The fraction of sp³-hybridized carbons (Fsp3) is 0.579. The number of hydrogen-bond donors (Lipinski definition) is 1. The molecule has 1 saturated carbocycles. The number of benzene rings is 1. The Labute approximate surface area is 154 Å². The zero-order chi connectivity index (χ0) is 17.8. The van der Waals surface area contributed by atoms with E-state index in [1.807, 2.05) is 29.7 Å². The standard InChI is InChI=1S/C19H27ClN4O/c1-14-22-19-16(20)9-6-10-17(19)24(14)13-18(25)21-11-12-23(2)15-7-4-3-5-8-15/h6,9-10,15H,3-5,7-8,11-13H2,1-2H3,(H,21,25). The Morgan fingerprint density at radius 2 is 2.12 bits per heavy atom. The molecule has 25 heavy (non-hydrogen) atoms. The zero-order valence-electron chi connectivity index (χ0n) is 15.1. The minimum absolute atomic E-state index is 0.0134. The molecule has 0 spiro atoms. The van der Waals surface area contributed by atoms with Gasteiger partial charge in [0, 0.05) is 19.1 Å². The van der Waals surface area contributed by atoms with Crippen molar-refractivity contribution in [1.29, 1.82) is 0 Å². The normalized spacial score (nSPS) is 15.8. The van der Waals surface area contributed by atoms with E-state index in [0.29, 0.717) is 17.6 Å². The summed E-state index contributed by atoms with van der Waals surface area (Å²) in [6, 6.07) is 6.33. The fourth-order valence-electron chi connectivity index (χ4n) is 3.70. The average molecular weight is 363 g/mol. The summed E-state index contributed by atoms with van der Waals surface area (Å²) < 4.78 is 1.92. The van der Waals surface area contributed by atoms with E-state index in [1.54, 1.807) is 0 Å². The second kappa shape index (κ2) is 8.19. The molecule has 1 aromatic carbocycles. The van der Waals surface area contributed by atoms with Crippen LogP contribution in [0.4, 0.5) is 0 Å². The average Bonchev–Trinajstić information content (AvgIpc) is 2.93. The van der Waals surface area contributed by atoms with Gasteiger partial charge >= 0.3 is 0 Å². The lowest BCUT2D eigenvalue weighted by atomic mass is 9.94. The summed E-state index contributed by atoms with van der Waals surface area (Å²) in [5.74, 6) is 0.817. The molecule has 1 aliphatic carbocycles. The first kappa shape index (κ1) is 18.2. The van der Waals surface area contributed by atoms with Gasteiger partial charge in [-0.1, -0.05) is 36.9 Å². The molecule has 136 valence electrons. The number of halogens is 1. The van der Waals surface area contributed by atoms with E-state index in [-0.39, 0.29) is 12.5 Å². The molecular weight excluding hydrogens is 336 g/mol. The quantitative estimate of drug-likeness (QED) is 0.857. The van der Waals surface area contributed by atoms with Gasteiger partial charge in [-0.2, -0.15) is 0 Å². The van der Waals surface area contributed by atoms with Crippen LogP contribution in [0.25, 0.3) is 11.0 Å². The van der Waals surface area contributed by atoms with Crippen LogP contribution < -0.4 is 5.32 Å². The molecular formula is C19H27ClN4O. The van der Waals surface area contributed by atoms with Crippen molar-refractivity contribution >= 4 is 28.5 Å². The monoisotopic (exact) mass is 362 g/mol. The molecule has 1 amide bonds. The molecule has 1 aliphatic rings. The van der Waals surface area contributed by atoms with Gasteiger partial charge in [0.05, 0.1) is 10.5 Å². The third kappa shape index (κ3) is 4.33. The van der Waals surface area contributed by atoms with Gasteiger partial charge in [0.2, 0.25) is 5.91 Å². The van der Waals surface area contributed by atoms with E-state index >= 15 is 0 Å². The third-order valence-electron chi connectivity index (χ3n) is 5.21. The van der Waals surface area contributed by atoms with Gasteiger partial charge < -0.3 is 14.8 Å². The van der Waals surface area contributed by atoms with Crippen molar-refractivity contribution in [2.24, 2.45) is 0 Å². The maximum Gasteiger partial charge on any atom is 0.240 e. The predicted octanol–water partition coefficient (Wildman–Crippen LogP) is 3.38. The maximum absolute atomic E-state index is 12.3. The molecule has 0 saturated heterocycles. The molecule has 0 bridgehead atoms. The highest BCUT2D eigenvalue weighted by molar-refractivity contribution is 6.34. The summed E-state index contributed by atoms with van der Waals surface area (Å²) >= 11 is 6.19. The Balaban J connectivity index is 1.53. The van der Waals surface area contributed by atoms with E-state index in [9.17, 15) is 4.79 Å². The molecule has 0 atom stereocenters. The number of carbonyl (C=O) groups is 1. The van der Waals surface area contributed by atoms with Gasteiger partial charge in [0.25, 0.3) is 0 Å². The highest BCUT2D eigenvalue weighted by Gasteiger charge is 2.18. The Hall–Kier alpha value is -1.59. The molecule has 1 aromatic heterocycles. The highest BCUT2D eigenvalue weighted by Crippen LogP contribution is 2.23. The summed E-state index contributed by atoms with van der Waals surface area (Å²) in [5.41, 5.74) is 1.66. The number of amides is 1. The summed E-state index contributed by atoms with van der Waals surface area (Å²) in [6.07, 6.45) is 6.59. The lowest BCUT2D eigenvalue weighted by Crippen LogP contribution is -2.40. The van der Waals surface area contributed by atoms with Crippen molar-refractivity contribution in [3.63, 3.8) is 0 Å². The number of rotatable bonds is 6. The second-order valence-corrected chi connectivity index (χ2v) is 7.38. The number of fused-ring (bicyclic) bond motifs is 1. The van der Waals surface area contributed by atoms with Gasteiger partial charge in [0.1, 0.15) is 17.9 Å². The van der Waals surface area contributed by atoms with Crippen molar-refractivity contribution in [2.75, 3.05) is 20.1 Å². The van der Waals surface area contributed by atoms with Crippen LogP contribution in [0.5, 0.6) is 0 Å². The largest absolute Gasteiger partial charge is 0.353 e. The predicted molar refractivity (Wildman–Crippen MR) is 102 cm³/mol. The second-order valence-electron chi connectivity index (χ2n) is 6.98. The first-order valence-electron chi connectivity index (χ1n) is 9.14. The van der Waals surface area contributed by atoms with Crippen LogP contribution in [0.15, 0.2) is 18.2 Å². The summed E-state index contributed by atoms with van der Waals surface area (Å²) in [6.45, 7) is 3.75. The molecule has 2 aromatic rings. The lowest BCUT2D eigenvalue weighted by Gasteiger charge is -2.31. The SMILES string of the molecule is Cc1nc2c(Cl)cccc2n1CC(=O)NCCN(C)C1CCCCC1. The number of aromatic nitrogens is 2. The molecule has 1 heterocycles. The van der Waals surface area contributed by atoms with E-state index < -0.39 is 0 Å². The minimum Gasteiger partial charge on any atom is -0.353 e. The minimum atomic E-state index is 0.0134. The van der Waals surface area contributed by atoms with Gasteiger partial charge in [-0.25, -0.2) is 4.98 Å². The fourth-order valence-corrected chi connectivity index (χ4v) is 3.92. The number of para-hydroxylation sites is 1.